The van der Waals surface area contributed by atoms with Gasteiger partial charge in [0.25, 0.3) is 0 Å². The molecule has 1 saturated carbocycles. The Bertz CT molecular complexity index is 1230. The van der Waals surface area contributed by atoms with Crippen molar-refractivity contribution in [1.29, 1.82) is 0 Å². The fourth-order valence-electron chi connectivity index (χ4n) is 5.37. The van der Waals surface area contributed by atoms with Gasteiger partial charge in [0.1, 0.15) is 11.5 Å². The second-order valence-electron chi connectivity index (χ2n) is 9.78. The number of rotatable bonds is 6. The topological polar surface area (TPSA) is 90.8 Å². The number of H-pyrrole nitrogens is 1. The summed E-state index contributed by atoms with van der Waals surface area (Å²) in [6.07, 6.45) is 10.2. The summed E-state index contributed by atoms with van der Waals surface area (Å²) >= 11 is 0. The Morgan fingerprint density at radius 3 is 2.71 bits per heavy atom. The molecule has 0 radical (unpaired) electrons. The minimum Gasteiger partial charge on any atom is -0.381 e. The maximum absolute atomic E-state index is 5.56. The van der Waals surface area contributed by atoms with Gasteiger partial charge in [0, 0.05) is 74.3 Å². The first kappa shape index (κ1) is 22.4. The Kier molecular flexibility index (Phi) is 6.31. The van der Waals surface area contributed by atoms with Gasteiger partial charge < -0.3 is 19.9 Å². The van der Waals surface area contributed by atoms with Crippen molar-refractivity contribution < 1.29 is 4.74 Å². The highest BCUT2D eigenvalue weighted by Crippen LogP contribution is 2.43. The van der Waals surface area contributed by atoms with Gasteiger partial charge in [0.15, 0.2) is 0 Å². The third-order valence-corrected chi connectivity index (χ3v) is 7.49. The highest BCUT2D eigenvalue weighted by molar-refractivity contribution is 6.04. The predicted molar refractivity (Wildman–Crippen MR) is 139 cm³/mol. The SMILES string of the molecule is C=Nc1cncc(C2CC2)c1/C(=N\Cc1ccnc2[nH]c(C3CCOCC3)cc12)N1CCNCC1. The Labute approximate surface area is 205 Å². The second kappa shape index (κ2) is 9.87. The van der Waals surface area contributed by atoms with Crippen molar-refractivity contribution in [2.24, 2.45) is 9.98 Å². The van der Waals surface area contributed by atoms with Crippen molar-refractivity contribution in [2.45, 2.75) is 44.1 Å². The average Bonchev–Trinajstić information content (AvgIpc) is 3.67. The number of pyridine rings is 2. The molecule has 3 aliphatic rings. The van der Waals surface area contributed by atoms with Crippen LogP contribution in [0.25, 0.3) is 11.0 Å². The van der Waals surface area contributed by atoms with E-state index >= 15 is 0 Å². The van der Waals surface area contributed by atoms with E-state index in [0.717, 1.165) is 80.4 Å². The molecule has 0 atom stereocenters. The molecule has 5 heterocycles. The molecule has 0 amide bonds. The van der Waals surface area contributed by atoms with Crippen LogP contribution >= 0.6 is 0 Å². The number of hydrogen-bond acceptors (Lipinski definition) is 6. The van der Waals surface area contributed by atoms with Gasteiger partial charge in [-0.25, -0.2) is 4.98 Å². The van der Waals surface area contributed by atoms with Crippen LogP contribution in [0.15, 0.2) is 40.7 Å². The van der Waals surface area contributed by atoms with Gasteiger partial charge in [-0.3, -0.25) is 15.0 Å². The van der Waals surface area contributed by atoms with Crippen molar-refractivity contribution in [2.75, 3.05) is 39.4 Å². The molecule has 8 nitrogen and oxygen atoms in total. The van der Waals surface area contributed by atoms with E-state index in [-0.39, 0.29) is 0 Å². The molecule has 0 spiro atoms. The van der Waals surface area contributed by atoms with Crippen LogP contribution in [0.1, 0.15) is 59.9 Å². The van der Waals surface area contributed by atoms with Crippen LogP contribution in [0, 0.1) is 0 Å². The third kappa shape index (κ3) is 4.60. The Morgan fingerprint density at radius 1 is 1.11 bits per heavy atom. The van der Waals surface area contributed by atoms with E-state index in [4.69, 9.17) is 9.73 Å². The van der Waals surface area contributed by atoms with Crippen LogP contribution in [0.3, 0.4) is 0 Å². The monoisotopic (exact) mass is 471 g/mol. The number of ether oxygens (including phenoxy) is 1. The molecule has 3 fully saturated rings. The lowest BCUT2D eigenvalue weighted by Crippen LogP contribution is -2.47. The third-order valence-electron chi connectivity index (χ3n) is 7.49. The summed E-state index contributed by atoms with van der Waals surface area (Å²) in [6.45, 7) is 9.84. The zero-order valence-corrected chi connectivity index (χ0v) is 20.2. The number of hydrogen-bond donors (Lipinski definition) is 2. The molecule has 2 aliphatic heterocycles. The Hall–Kier alpha value is -3.10. The number of amidine groups is 1. The van der Waals surface area contributed by atoms with Crippen LogP contribution in [0.4, 0.5) is 5.69 Å². The molecule has 3 aromatic rings. The Balaban J connectivity index is 1.39. The van der Waals surface area contributed by atoms with Crippen molar-refractivity contribution in [3.05, 3.63) is 53.1 Å². The summed E-state index contributed by atoms with van der Waals surface area (Å²) in [5.74, 6) is 2.07. The van der Waals surface area contributed by atoms with E-state index < -0.39 is 0 Å². The molecule has 35 heavy (non-hydrogen) atoms. The van der Waals surface area contributed by atoms with E-state index in [0.29, 0.717) is 18.4 Å². The summed E-state index contributed by atoms with van der Waals surface area (Å²) in [5.41, 5.74) is 6.59. The van der Waals surface area contributed by atoms with Crippen molar-refractivity contribution in [3.8, 4) is 0 Å². The number of fused-ring (bicyclic) bond motifs is 1. The van der Waals surface area contributed by atoms with E-state index in [9.17, 15) is 0 Å². The van der Waals surface area contributed by atoms with Crippen LogP contribution in [-0.4, -0.2) is 71.8 Å². The van der Waals surface area contributed by atoms with Gasteiger partial charge in [-0.2, -0.15) is 0 Å². The van der Waals surface area contributed by atoms with Gasteiger partial charge in [-0.15, -0.1) is 0 Å². The number of aromatic amines is 1. The quantitative estimate of drug-likeness (QED) is 0.420. The maximum atomic E-state index is 5.56. The van der Waals surface area contributed by atoms with E-state index in [1.807, 2.05) is 18.6 Å². The lowest BCUT2D eigenvalue weighted by molar-refractivity contribution is 0.0846. The normalized spacial score (nSPS) is 19.9. The summed E-state index contributed by atoms with van der Waals surface area (Å²) < 4.78 is 5.56. The Morgan fingerprint density at radius 2 is 1.94 bits per heavy atom. The number of piperazine rings is 1. The number of nitrogens with zero attached hydrogens (tertiary/aromatic N) is 5. The molecule has 0 bridgehead atoms. The largest absolute Gasteiger partial charge is 0.381 e. The minimum atomic E-state index is 0.504. The summed E-state index contributed by atoms with van der Waals surface area (Å²) in [6, 6.07) is 4.39. The number of aromatic nitrogens is 3. The van der Waals surface area contributed by atoms with E-state index in [1.54, 1.807) is 0 Å². The number of aliphatic imine (C=N–C) groups is 2. The van der Waals surface area contributed by atoms with E-state index in [1.165, 1.54) is 29.7 Å². The van der Waals surface area contributed by atoms with Crippen molar-refractivity contribution in [1.82, 2.24) is 25.2 Å². The van der Waals surface area contributed by atoms with Crippen molar-refractivity contribution >= 4 is 29.3 Å². The molecule has 3 aromatic heterocycles. The first-order valence-electron chi connectivity index (χ1n) is 12.8. The first-order valence-corrected chi connectivity index (χ1v) is 12.8. The number of nitrogens with one attached hydrogen (secondary N) is 2. The average molecular weight is 472 g/mol. The highest BCUT2D eigenvalue weighted by atomic mass is 16.5. The van der Waals surface area contributed by atoms with Crippen molar-refractivity contribution in [3.63, 3.8) is 0 Å². The molecule has 182 valence electrons. The smallest absolute Gasteiger partial charge is 0.137 e. The van der Waals surface area contributed by atoms with Crippen LogP contribution in [-0.2, 0) is 11.3 Å². The lowest BCUT2D eigenvalue weighted by Gasteiger charge is -2.32. The predicted octanol–water partition coefficient (Wildman–Crippen LogP) is 3.91. The molecule has 0 aromatic carbocycles. The highest BCUT2D eigenvalue weighted by Gasteiger charge is 2.31. The van der Waals surface area contributed by atoms with Gasteiger partial charge in [0.05, 0.1) is 18.4 Å². The molecule has 1 aliphatic carbocycles. The standard InChI is InChI=1S/C27H33N7O/c1-28-24-17-30-16-22(18-2-3-18)25(24)27(34-10-8-29-9-11-34)32-15-20-4-7-31-26-21(20)14-23(33-26)19-5-12-35-13-6-19/h4,7,14,16-19,29H,1-3,5-6,8-13,15H2,(H,31,33)/b32-27+. The fourth-order valence-corrected chi connectivity index (χ4v) is 5.37. The first-order chi connectivity index (χ1) is 17.3. The fraction of sp³-hybridized carbons (Fsp3) is 0.481. The van der Waals surface area contributed by atoms with Crippen LogP contribution in [0.5, 0.6) is 0 Å². The van der Waals surface area contributed by atoms with E-state index in [2.05, 4.69) is 49.0 Å². The maximum Gasteiger partial charge on any atom is 0.137 e. The molecule has 8 heteroatoms. The molecule has 2 N–H and O–H groups in total. The molecule has 6 rings (SSSR count). The molecule has 0 unspecified atom stereocenters. The zero-order valence-electron chi connectivity index (χ0n) is 20.2. The summed E-state index contributed by atoms with van der Waals surface area (Å²) in [5, 5.41) is 4.63. The van der Waals surface area contributed by atoms with Gasteiger partial charge >= 0.3 is 0 Å². The second-order valence-corrected chi connectivity index (χ2v) is 9.78. The van der Waals surface area contributed by atoms with Gasteiger partial charge in [-0.1, -0.05) is 0 Å². The van der Waals surface area contributed by atoms with Crippen LogP contribution in [0.2, 0.25) is 0 Å². The van der Waals surface area contributed by atoms with Gasteiger partial charge in [0.2, 0.25) is 0 Å². The zero-order chi connectivity index (χ0) is 23.6. The van der Waals surface area contributed by atoms with Gasteiger partial charge in [-0.05, 0) is 61.6 Å². The molecular weight excluding hydrogens is 438 g/mol. The summed E-state index contributed by atoms with van der Waals surface area (Å²) in [7, 11) is 0. The molecule has 2 saturated heterocycles. The summed E-state index contributed by atoms with van der Waals surface area (Å²) in [4.78, 5) is 24.7. The lowest BCUT2D eigenvalue weighted by atomic mass is 9.96. The van der Waals surface area contributed by atoms with Crippen LogP contribution < -0.4 is 5.32 Å². The molecular formula is C27H33N7O. The minimum absolute atomic E-state index is 0.504.